The fourth-order valence-corrected chi connectivity index (χ4v) is 10.8. The Bertz CT molecular complexity index is 929. The summed E-state index contributed by atoms with van der Waals surface area (Å²) in [6.07, 6.45) is 10.1. The molecule has 6 rings (SSSR count). The zero-order valence-corrected chi connectivity index (χ0v) is 24.1. The SMILES string of the molecule is C[C@@H]1CC[C@@]2(NC1)O[C@H]1C[C@H]3[C@@H]4CC[C@H]5C[C@@H](NC(=O)CN(C)C)CC[C@]5(C)[C@H]4CC(=O)[C@]3(C)[C@H]1[C@@H]2C. The quantitative estimate of drug-likeness (QED) is 0.591. The molecule has 2 aliphatic heterocycles. The van der Waals surface area contributed by atoms with Gasteiger partial charge in [-0.2, -0.15) is 0 Å². The van der Waals surface area contributed by atoms with Gasteiger partial charge in [0.05, 0.1) is 12.6 Å². The Hall–Kier alpha value is -0.980. The van der Waals surface area contributed by atoms with Gasteiger partial charge in [0.1, 0.15) is 11.5 Å². The molecule has 0 aromatic rings. The number of carbonyl (C=O) groups excluding carboxylic acids is 2. The van der Waals surface area contributed by atoms with Gasteiger partial charge in [-0.25, -0.2) is 0 Å². The van der Waals surface area contributed by atoms with E-state index >= 15 is 0 Å². The van der Waals surface area contributed by atoms with Gasteiger partial charge in [-0.05, 0) is 100 Å². The lowest BCUT2D eigenvalue weighted by molar-refractivity contribution is -0.160. The fourth-order valence-electron chi connectivity index (χ4n) is 10.8. The first kappa shape index (κ1) is 26.3. The average Bonchev–Trinajstić information content (AvgIpc) is 3.28. The monoisotopic (exact) mass is 513 g/mol. The molecule has 208 valence electrons. The van der Waals surface area contributed by atoms with Gasteiger partial charge in [0.15, 0.2) is 0 Å². The van der Waals surface area contributed by atoms with Crippen molar-refractivity contribution in [1.29, 1.82) is 0 Å². The topological polar surface area (TPSA) is 70.7 Å². The number of ether oxygens (including phenoxy) is 1. The summed E-state index contributed by atoms with van der Waals surface area (Å²) in [5.41, 5.74) is -0.235. The van der Waals surface area contributed by atoms with Crippen LogP contribution >= 0.6 is 0 Å². The maximum atomic E-state index is 14.3. The van der Waals surface area contributed by atoms with Crippen LogP contribution in [0.4, 0.5) is 0 Å². The van der Waals surface area contributed by atoms with E-state index in [9.17, 15) is 9.59 Å². The van der Waals surface area contributed by atoms with E-state index in [4.69, 9.17) is 4.74 Å². The molecule has 0 aromatic heterocycles. The van der Waals surface area contributed by atoms with Gasteiger partial charge < -0.3 is 15.0 Å². The molecule has 1 amide bonds. The summed E-state index contributed by atoms with van der Waals surface area (Å²) < 4.78 is 6.96. The van der Waals surface area contributed by atoms with Crippen molar-refractivity contribution in [3.63, 3.8) is 0 Å². The summed E-state index contributed by atoms with van der Waals surface area (Å²) >= 11 is 0. The smallest absolute Gasteiger partial charge is 0.234 e. The third-order valence-corrected chi connectivity index (χ3v) is 12.8. The standard InChI is InChI=1S/C31H51N3O3/c1-18-9-12-31(32-16-18)19(2)28-25(37-31)14-24-22-8-7-20-13-21(33-27(36)17-34(5)6)10-11-29(20,3)23(22)15-26(35)30(24,28)4/h18-25,28,32H,7-17H2,1-6H3,(H,33,36)/t18-,19+,20+,21+,22-,23+,24+,25+,28+,29+,30-,31-/m1/s1. The maximum absolute atomic E-state index is 14.3. The predicted molar refractivity (Wildman–Crippen MR) is 145 cm³/mol. The molecule has 1 spiro atoms. The number of carbonyl (C=O) groups is 2. The van der Waals surface area contributed by atoms with E-state index in [2.05, 4.69) is 38.3 Å². The van der Waals surface area contributed by atoms with Crippen LogP contribution in [0.1, 0.15) is 85.5 Å². The Kier molecular flexibility index (Phi) is 6.40. The van der Waals surface area contributed by atoms with Gasteiger partial charge in [0.2, 0.25) is 5.91 Å². The van der Waals surface area contributed by atoms with Crippen molar-refractivity contribution in [1.82, 2.24) is 15.5 Å². The highest BCUT2D eigenvalue weighted by Gasteiger charge is 2.71. The Morgan fingerprint density at radius 3 is 2.57 bits per heavy atom. The van der Waals surface area contributed by atoms with E-state index in [1.54, 1.807) is 0 Å². The Morgan fingerprint density at radius 2 is 1.86 bits per heavy atom. The van der Waals surface area contributed by atoms with Crippen molar-refractivity contribution in [3.8, 4) is 0 Å². The van der Waals surface area contributed by atoms with Crippen molar-refractivity contribution in [2.75, 3.05) is 27.2 Å². The number of fused-ring (bicyclic) bond motifs is 7. The van der Waals surface area contributed by atoms with Crippen LogP contribution in [0.5, 0.6) is 0 Å². The van der Waals surface area contributed by atoms with Gasteiger partial charge in [-0.1, -0.05) is 27.7 Å². The van der Waals surface area contributed by atoms with Crippen molar-refractivity contribution in [2.45, 2.75) is 103 Å². The minimum atomic E-state index is -0.236. The number of amides is 1. The third kappa shape index (κ3) is 3.89. The first-order valence-corrected chi connectivity index (χ1v) is 15.4. The summed E-state index contributed by atoms with van der Waals surface area (Å²) in [5.74, 6) is 4.31. The molecular formula is C31H51N3O3. The summed E-state index contributed by atoms with van der Waals surface area (Å²) in [5, 5.41) is 7.13. The van der Waals surface area contributed by atoms with E-state index in [0.717, 1.165) is 45.1 Å². The second-order valence-electron chi connectivity index (χ2n) is 15.0. The van der Waals surface area contributed by atoms with Crippen LogP contribution in [0.3, 0.4) is 0 Å². The molecule has 2 N–H and O–H groups in total. The number of ketones is 1. The van der Waals surface area contributed by atoms with Crippen molar-refractivity contribution in [2.24, 2.45) is 52.3 Å². The van der Waals surface area contributed by atoms with E-state index in [0.29, 0.717) is 53.8 Å². The summed E-state index contributed by atoms with van der Waals surface area (Å²) in [4.78, 5) is 28.6. The number of rotatable bonds is 3. The van der Waals surface area contributed by atoms with Crippen LogP contribution in [-0.4, -0.2) is 61.6 Å². The lowest BCUT2D eigenvalue weighted by Crippen LogP contribution is -2.60. The molecule has 2 saturated heterocycles. The van der Waals surface area contributed by atoms with Crippen molar-refractivity contribution in [3.05, 3.63) is 0 Å². The van der Waals surface area contributed by atoms with Crippen molar-refractivity contribution < 1.29 is 14.3 Å². The molecule has 6 fully saturated rings. The van der Waals surface area contributed by atoms with Gasteiger partial charge in [0, 0.05) is 36.3 Å². The molecule has 6 aliphatic rings. The molecule has 6 heteroatoms. The van der Waals surface area contributed by atoms with E-state index in [1.165, 1.54) is 19.3 Å². The number of piperidine rings is 1. The van der Waals surface area contributed by atoms with Gasteiger partial charge in [-0.3, -0.25) is 14.9 Å². The first-order chi connectivity index (χ1) is 17.5. The zero-order valence-electron chi connectivity index (χ0n) is 24.1. The molecule has 0 unspecified atom stereocenters. The molecule has 37 heavy (non-hydrogen) atoms. The van der Waals surface area contributed by atoms with Gasteiger partial charge >= 0.3 is 0 Å². The molecular weight excluding hydrogens is 462 g/mol. The molecule has 0 bridgehead atoms. The Labute approximate surface area is 224 Å². The van der Waals surface area contributed by atoms with Crippen LogP contribution in [0.2, 0.25) is 0 Å². The second kappa shape index (κ2) is 9.02. The number of hydrogen-bond acceptors (Lipinski definition) is 5. The normalized spacial score (nSPS) is 52.9. The highest BCUT2D eigenvalue weighted by molar-refractivity contribution is 5.87. The molecule has 4 saturated carbocycles. The molecule has 4 aliphatic carbocycles. The molecule has 12 atom stereocenters. The lowest BCUT2D eigenvalue weighted by atomic mass is 9.44. The predicted octanol–water partition coefficient (Wildman–Crippen LogP) is 4.23. The average molecular weight is 514 g/mol. The van der Waals surface area contributed by atoms with Crippen LogP contribution in [0, 0.1) is 52.3 Å². The number of likely N-dealkylation sites (N-methyl/N-ethyl adjacent to an activating group) is 1. The maximum Gasteiger partial charge on any atom is 0.234 e. The summed E-state index contributed by atoms with van der Waals surface area (Å²) in [7, 11) is 3.89. The fraction of sp³-hybridized carbons (Fsp3) is 0.935. The van der Waals surface area contributed by atoms with Crippen LogP contribution in [0.25, 0.3) is 0 Å². The van der Waals surface area contributed by atoms with E-state index in [-0.39, 0.29) is 34.6 Å². The largest absolute Gasteiger partial charge is 0.357 e. The van der Waals surface area contributed by atoms with Crippen molar-refractivity contribution >= 4 is 11.7 Å². The second-order valence-corrected chi connectivity index (χ2v) is 15.0. The first-order valence-electron chi connectivity index (χ1n) is 15.4. The minimum absolute atomic E-state index is 0.141. The Morgan fingerprint density at radius 1 is 1.08 bits per heavy atom. The summed E-state index contributed by atoms with van der Waals surface area (Å²) in [6.45, 7) is 11.0. The molecule has 2 heterocycles. The highest BCUT2D eigenvalue weighted by atomic mass is 16.5. The molecule has 0 aromatic carbocycles. The summed E-state index contributed by atoms with van der Waals surface area (Å²) in [6, 6.07) is 0.286. The lowest BCUT2D eigenvalue weighted by Gasteiger charge is -2.60. The number of hydrogen-bond donors (Lipinski definition) is 2. The number of nitrogens with one attached hydrogen (secondary N) is 2. The van der Waals surface area contributed by atoms with Crippen LogP contribution < -0.4 is 10.6 Å². The van der Waals surface area contributed by atoms with Crippen LogP contribution in [-0.2, 0) is 14.3 Å². The third-order valence-electron chi connectivity index (χ3n) is 12.8. The zero-order chi connectivity index (χ0) is 26.3. The number of nitrogens with zero attached hydrogens (tertiary/aromatic N) is 1. The van der Waals surface area contributed by atoms with E-state index < -0.39 is 0 Å². The van der Waals surface area contributed by atoms with Gasteiger partial charge in [-0.15, -0.1) is 0 Å². The minimum Gasteiger partial charge on any atom is -0.357 e. The Balaban J connectivity index is 1.19. The van der Waals surface area contributed by atoms with E-state index in [1.807, 2.05) is 19.0 Å². The number of Topliss-reactive ketones (excluding diaryl/α,β-unsaturated/α-hetero) is 1. The highest BCUT2D eigenvalue weighted by Crippen LogP contribution is 2.70. The molecule has 0 radical (unpaired) electrons. The van der Waals surface area contributed by atoms with Gasteiger partial charge in [0.25, 0.3) is 0 Å². The van der Waals surface area contributed by atoms with Crippen LogP contribution in [0.15, 0.2) is 0 Å². The molecule has 6 nitrogen and oxygen atoms in total.